The van der Waals surface area contributed by atoms with Crippen molar-refractivity contribution in [2.75, 3.05) is 42.5 Å². The second-order valence-corrected chi connectivity index (χ2v) is 23.7. The van der Waals surface area contributed by atoms with Crippen LogP contribution in [0.2, 0.25) is 0 Å². The van der Waals surface area contributed by atoms with Crippen LogP contribution in [0.4, 0.5) is 38.3 Å². The predicted octanol–water partition coefficient (Wildman–Crippen LogP) is 15.3. The lowest BCUT2D eigenvalue weighted by atomic mass is 9.80. The van der Waals surface area contributed by atoms with Crippen LogP contribution >= 0.6 is 8.53 Å². The summed E-state index contributed by atoms with van der Waals surface area (Å²) < 4.78 is 51.7. The minimum atomic E-state index is -1.81. The highest BCUT2D eigenvalue weighted by Crippen LogP contribution is 2.51. The van der Waals surface area contributed by atoms with Gasteiger partial charge in [0, 0.05) is 24.7 Å². The molecule has 1 fully saturated rings. The number of fused-ring (bicyclic) bond motifs is 1. The Morgan fingerprint density at radius 3 is 1.70 bits per heavy atom. The van der Waals surface area contributed by atoms with Crippen molar-refractivity contribution in [2.24, 2.45) is 0 Å². The van der Waals surface area contributed by atoms with Crippen LogP contribution in [0.5, 0.6) is 17.4 Å². The first-order valence-corrected chi connectivity index (χ1v) is 31.5. The van der Waals surface area contributed by atoms with Crippen LogP contribution in [0.15, 0.2) is 219 Å². The first-order valence-electron chi connectivity index (χ1n) is 30.4. The molecule has 5 atom stereocenters. The molecule has 470 valence electrons. The Bertz CT molecular complexity index is 3940. The van der Waals surface area contributed by atoms with Crippen molar-refractivity contribution >= 4 is 60.5 Å². The molecule has 10 aromatic rings. The standard InChI is InChI=1S/C71H72N11O9P/c1-49(2)82(50(3)4)92(88-43-23-42-72)91-62-44-64(89-63(62)46-87-71(52-24-13-8-14-25-52,53-34-38-59(85-6)39-35-53)54-36-40-60(86-7)41-37-54)79-48-74-65-66(79)76-68(77-67(65)90-70(84)81(57-30-19-11-20-31-57)58-32-21-12-22-33-58)75-51(5)61-45-78(47-73-61)69(83)80(55-26-15-9-16-27-55)56-28-17-10-18-29-56/h8-22,24-41,45,47-51,62-64H,23,43-44,46H2,1-7H3,(H,75,76,77)/t51?,62-,63+,64+,92?/m0/s1. The Morgan fingerprint density at radius 2 is 1.18 bits per heavy atom. The van der Waals surface area contributed by atoms with E-state index in [1.807, 2.05) is 207 Å². The average Bonchev–Trinajstić information content (AvgIpc) is 1.09. The summed E-state index contributed by atoms with van der Waals surface area (Å²) in [7, 11) is 1.46. The fourth-order valence-electron chi connectivity index (χ4n) is 11.3. The van der Waals surface area contributed by atoms with Gasteiger partial charge >= 0.3 is 12.1 Å². The maximum absolute atomic E-state index is 14.9. The monoisotopic (exact) mass is 1250 g/mol. The second kappa shape index (κ2) is 29.4. The molecule has 1 saturated heterocycles. The molecular weight excluding hydrogens is 1180 g/mol. The lowest BCUT2D eigenvalue weighted by Gasteiger charge is -2.39. The Balaban J connectivity index is 0.996. The van der Waals surface area contributed by atoms with Crippen LogP contribution in [0, 0.1) is 11.3 Å². The molecule has 0 radical (unpaired) electrons. The summed E-state index contributed by atoms with van der Waals surface area (Å²) in [6, 6.07) is 64.0. The number of nitrogens with one attached hydrogen (secondary N) is 1. The number of hydrogen-bond acceptors (Lipinski definition) is 16. The number of carbonyl (C=O) groups is 2. The minimum absolute atomic E-state index is 0.0112. The normalized spacial score (nSPS) is 15.5. The summed E-state index contributed by atoms with van der Waals surface area (Å²) in [6.45, 7) is 10.3. The Morgan fingerprint density at radius 1 is 0.674 bits per heavy atom. The number of anilines is 5. The number of benzene rings is 7. The molecule has 3 aromatic heterocycles. The zero-order chi connectivity index (χ0) is 64.1. The largest absolute Gasteiger partial charge is 0.497 e. The molecule has 21 heteroatoms. The van der Waals surface area contributed by atoms with Crippen molar-refractivity contribution in [3.05, 3.63) is 241 Å². The van der Waals surface area contributed by atoms with E-state index in [1.165, 1.54) is 15.8 Å². The molecule has 0 aliphatic carbocycles. The molecule has 1 N–H and O–H groups in total. The Labute approximate surface area is 536 Å². The number of methoxy groups -OCH3 is 2. The van der Waals surface area contributed by atoms with E-state index >= 15 is 0 Å². The number of nitriles is 1. The van der Waals surface area contributed by atoms with Gasteiger partial charge in [0.2, 0.25) is 5.95 Å². The third kappa shape index (κ3) is 14.0. The van der Waals surface area contributed by atoms with E-state index in [0.29, 0.717) is 39.9 Å². The van der Waals surface area contributed by atoms with Crippen molar-refractivity contribution in [1.29, 1.82) is 5.26 Å². The van der Waals surface area contributed by atoms with Crippen molar-refractivity contribution in [3.8, 4) is 23.4 Å². The van der Waals surface area contributed by atoms with E-state index in [0.717, 1.165) is 16.7 Å². The molecule has 2 unspecified atom stereocenters. The van der Waals surface area contributed by atoms with Crippen molar-refractivity contribution in [1.82, 2.24) is 33.7 Å². The molecular formula is C71H72N11O9P. The third-order valence-corrected chi connectivity index (χ3v) is 17.8. The minimum Gasteiger partial charge on any atom is -0.497 e. The van der Waals surface area contributed by atoms with Gasteiger partial charge in [-0.15, -0.1) is 0 Å². The number of hydrogen-bond donors (Lipinski definition) is 1. The van der Waals surface area contributed by atoms with E-state index in [1.54, 1.807) is 36.2 Å². The van der Waals surface area contributed by atoms with Gasteiger partial charge in [-0.2, -0.15) is 15.2 Å². The van der Waals surface area contributed by atoms with Gasteiger partial charge in [0.25, 0.3) is 14.4 Å². The van der Waals surface area contributed by atoms with Gasteiger partial charge in [0.05, 0.1) is 86.8 Å². The lowest BCUT2D eigenvalue weighted by Crippen LogP contribution is -2.39. The number of carbonyl (C=O) groups excluding carboxylic acids is 2. The number of amides is 2. The summed E-state index contributed by atoms with van der Waals surface area (Å²) in [5.74, 6) is 1.25. The van der Waals surface area contributed by atoms with E-state index < -0.39 is 44.7 Å². The molecule has 0 bridgehead atoms. The zero-order valence-corrected chi connectivity index (χ0v) is 53.1. The zero-order valence-electron chi connectivity index (χ0n) is 52.2. The van der Waals surface area contributed by atoms with Gasteiger partial charge in [0.1, 0.15) is 35.8 Å². The summed E-state index contributed by atoms with van der Waals surface area (Å²) in [5, 5.41) is 13.1. The molecule has 0 spiro atoms. The van der Waals surface area contributed by atoms with E-state index in [9.17, 15) is 14.9 Å². The van der Waals surface area contributed by atoms with Crippen LogP contribution in [-0.4, -0.2) is 97.6 Å². The number of aromatic nitrogens is 6. The van der Waals surface area contributed by atoms with Crippen LogP contribution in [-0.2, 0) is 24.1 Å². The van der Waals surface area contributed by atoms with Crippen LogP contribution < -0.4 is 29.3 Å². The molecule has 92 heavy (non-hydrogen) atoms. The van der Waals surface area contributed by atoms with Gasteiger partial charge in [-0.3, -0.25) is 14.0 Å². The first-order chi connectivity index (χ1) is 44.9. The second-order valence-electron chi connectivity index (χ2n) is 22.3. The van der Waals surface area contributed by atoms with Crippen molar-refractivity contribution in [3.63, 3.8) is 0 Å². The molecule has 0 saturated carbocycles. The fourth-order valence-corrected chi connectivity index (χ4v) is 13.0. The maximum Gasteiger partial charge on any atom is 0.425 e. The van der Waals surface area contributed by atoms with Crippen molar-refractivity contribution in [2.45, 2.75) is 89.6 Å². The van der Waals surface area contributed by atoms with Gasteiger partial charge < -0.3 is 38.0 Å². The van der Waals surface area contributed by atoms with E-state index in [-0.39, 0.29) is 67.2 Å². The fraction of sp³-hybridized carbons (Fsp3) is 0.254. The molecule has 7 aromatic carbocycles. The highest BCUT2D eigenvalue weighted by atomic mass is 31.2. The highest BCUT2D eigenvalue weighted by Gasteiger charge is 2.46. The Hall–Kier alpha value is -9.84. The van der Waals surface area contributed by atoms with Crippen LogP contribution in [0.3, 0.4) is 0 Å². The Kier molecular flexibility index (Phi) is 20.4. The summed E-state index contributed by atoms with van der Waals surface area (Å²) in [6.07, 6.45) is 2.01. The SMILES string of the molecule is COc1ccc(C(OC[C@H]2O[C@@H](n3cnc4c(OC(=O)N(c5ccccc5)c5ccccc5)nc(NC(C)c5cn(C(=O)N(c6ccccc6)c6ccccc6)cn5)nc43)C[C@@H]2OP(OCCC#N)N(C(C)C)C(C)C)(c2ccccc2)c2ccc(OC)cc2)cc1. The van der Waals surface area contributed by atoms with Crippen LogP contribution in [0.25, 0.3) is 11.2 Å². The highest BCUT2D eigenvalue weighted by molar-refractivity contribution is 7.44. The molecule has 4 heterocycles. The summed E-state index contributed by atoms with van der Waals surface area (Å²) in [5.41, 5.74) is 4.60. The van der Waals surface area contributed by atoms with Crippen molar-refractivity contribution < 1.29 is 42.3 Å². The molecule has 2 amide bonds. The van der Waals surface area contributed by atoms with Gasteiger partial charge in [0.15, 0.2) is 11.2 Å². The molecule has 20 nitrogen and oxygen atoms in total. The molecule has 1 aliphatic rings. The van der Waals surface area contributed by atoms with E-state index in [4.69, 9.17) is 52.7 Å². The maximum atomic E-state index is 14.9. The van der Waals surface area contributed by atoms with E-state index in [2.05, 4.69) is 43.8 Å². The lowest BCUT2D eigenvalue weighted by molar-refractivity contribution is -0.0912. The smallest absolute Gasteiger partial charge is 0.425 e. The quantitative estimate of drug-likeness (QED) is 0.0321. The first kappa shape index (κ1) is 63.7. The topological polar surface area (TPSA) is 206 Å². The van der Waals surface area contributed by atoms with Gasteiger partial charge in [-0.1, -0.05) is 127 Å². The molecule has 11 rings (SSSR count). The number of ether oxygens (including phenoxy) is 5. The number of para-hydroxylation sites is 4. The predicted molar refractivity (Wildman–Crippen MR) is 353 cm³/mol. The third-order valence-electron chi connectivity index (χ3n) is 15.6. The van der Waals surface area contributed by atoms with Crippen LogP contribution in [0.1, 0.15) is 82.1 Å². The number of nitrogens with zero attached hydrogens (tertiary/aromatic N) is 10. The summed E-state index contributed by atoms with van der Waals surface area (Å²) >= 11 is 0. The van der Waals surface area contributed by atoms with Gasteiger partial charge in [-0.05, 0) is 124 Å². The molecule has 1 aliphatic heterocycles. The van der Waals surface area contributed by atoms with Gasteiger partial charge in [-0.25, -0.2) is 29.1 Å². The average molecular weight is 1250 g/mol. The number of rotatable bonds is 25. The summed E-state index contributed by atoms with van der Waals surface area (Å²) in [4.78, 5) is 52.0. The number of imidazole rings is 2.